The predicted octanol–water partition coefficient (Wildman–Crippen LogP) is 3.52. The lowest BCUT2D eigenvalue weighted by Gasteiger charge is -2.12. The summed E-state index contributed by atoms with van der Waals surface area (Å²) >= 11 is 0. The Morgan fingerprint density at radius 3 is 2.08 bits per heavy atom. The first-order valence-electron chi connectivity index (χ1n) is 4.86. The molecule has 13 heavy (non-hydrogen) atoms. The quantitative estimate of drug-likeness (QED) is 0.734. The van der Waals surface area contributed by atoms with Crippen molar-refractivity contribution in [2.45, 2.75) is 40.0 Å². The maximum Gasteiger partial charge on any atom is 0.121 e. The van der Waals surface area contributed by atoms with Crippen molar-refractivity contribution in [2.75, 3.05) is 0 Å². The average Bonchev–Trinajstić information content (AvgIpc) is 2.12. The van der Waals surface area contributed by atoms with E-state index in [1.165, 1.54) is 5.56 Å². The average molecular weight is 178 g/mol. The lowest BCUT2D eigenvalue weighted by Crippen LogP contribution is -1.93. The van der Waals surface area contributed by atoms with Gasteiger partial charge in [-0.3, -0.25) is 0 Å². The number of hydrogen-bond acceptors (Lipinski definition) is 1. The van der Waals surface area contributed by atoms with Crippen LogP contribution in [-0.4, -0.2) is 5.11 Å². The molecule has 0 aromatic heterocycles. The van der Waals surface area contributed by atoms with Crippen molar-refractivity contribution in [1.82, 2.24) is 0 Å². The summed E-state index contributed by atoms with van der Waals surface area (Å²) in [5.41, 5.74) is 3.29. The number of aromatic hydroxyl groups is 1. The molecule has 0 spiro atoms. The first-order chi connectivity index (χ1) is 6.06. The fourth-order valence-electron chi connectivity index (χ4n) is 1.51. The number of phenolic OH excluding ortho intramolecular Hbond substituents is 1. The fourth-order valence-corrected chi connectivity index (χ4v) is 1.51. The molecule has 1 aromatic rings. The molecule has 0 radical (unpaired) electrons. The Labute approximate surface area is 80.4 Å². The summed E-state index contributed by atoms with van der Waals surface area (Å²) in [6.45, 7) is 8.30. The van der Waals surface area contributed by atoms with Gasteiger partial charge in [0.15, 0.2) is 0 Å². The van der Waals surface area contributed by atoms with Gasteiger partial charge in [-0.1, -0.05) is 26.0 Å². The maximum atomic E-state index is 9.59. The molecule has 1 unspecified atom stereocenters. The highest BCUT2D eigenvalue weighted by Gasteiger charge is 2.07. The van der Waals surface area contributed by atoms with Gasteiger partial charge >= 0.3 is 0 Å². The standard InChI is InChI=1S/C12H18O/c1-5-8(2)11-6-9(3)12(13)10(4)7-11/h6-8,13H,5H2,1-4H3. The highest BCUT2D eigenvalue weighted by atomic mass is 16.3. The smallest absolute Gasteiger partial charge is 0.121 e. The lowest BCUT2D eigenvalue weighted by molar-refractivity contribution is 0.466. The van der Waals surface area contributed by atoms with Gasteiger partial charge in [-0.05, 0) is 42.9 Å². The number of hydrogen-bond donors (Lipinski definition) is 1. The summed E-state index contributed by atoms with van der Waals surface area (Å²) in [7, 11) is 0. The summed E-state index contributed by atoms with van der Waals surface area (Å²) in [6, 6.07) is 4.16. The zero-order valence-electron chi connectivity index (χ0n) is 8.89. The molecule has 0 amide bonds. The highest BCUT2D eigenvalue weighted by molar-refractivity contribution is 5.43. The summed E-state index contributed by atoms with van der Waals surface area (Å²) < 4.78 is 0. The minimum absolute atomic E-state index is 0.437. The zero-order chi connectivity index (χ0) is 10.0. The van der Waals surface area contributed by atoms with Crippen molar-refractivity contribution in [3.8, 4) is 5.75 Å². The Kier molecular flexibility index (Phi) is 2.97. The molecule has 1 rings (SSSR count). The minimum Gasteiger partial charge on any atom is -0.507 e. The van der Waals surface area contributed by atoms with Crippen LogP contribution in [0.25, 0.3) is 0 Å². The third kappa shape index (κ3) is 2.03. The van der Waals surface area contributed by atoms with E-state index in [2.05, 4.69) is 26.0 Å². The molecular weight excluding hydrogens is 160 g/mol. The largest absolute Gasteiger partial charge is 0.507 e. The third-order valence-electron chi connectivity index (χ3n) is 2.69. The van der Waals surface area contributed by atoms with Crippen LogP contribution in [0.2, 0.25) is 0 Å². The van der Waals surface area contributed by atoms with Crippen LogP contribution in [0.5, 0.6) is 5.75 Å². The van der Waals surface area contributed by atoms with Crippen LogP contribution < -0.4 is 0 Å². The van der Waals surface area contributed by atoms with Gasteiger partial charge in [0.1, 0.15) is 5.75 Å². The third-order valence-corrected chi connectivity index (χ3v) is 2.69. The first-order valence-corrected chi connectivity index (χ1v) is 4.86. The van der Waals surface area contributed by atoms with Gasteiger partial charge in [-0.15, -0.1) is 0 Å². The van der Waals surface area contributed by atoms with E-state index in [4.69, 9.17) is 0 Å². The monoisotopic (exact) mass is 178 g/mol. The van der Waals surface area contributed by atoms with Crippen LogP contribution in [0, 0.1) is 13.8 Å². The van der Waals surface area contributed by atoms with E-state index in [0.717, 1.165) is 17.5 Å². The molecule has 0 bridgehead atoms. The van der Waals surface area contributed by atoms with Crippen molar-refractivity contribution >= 4 is 0 Å². The van der Waals surface area contributed by atoms with Crippen LogP contribution in [0.15, 0.2) is 12.1 Å². The van der Waals surface area contributed by atoms with Gasteiger partial charge in [0.2, 0.25) is 0 Å². The van der Waals surface area contributed by atoms with Crippen LogP contribution in [0.1, 0.15) is 42.9 Å². The second-order valence-corrected chi connectivity index (χ2v) is 3.81. The van der Waals surface area contributed by atoms with E-state index < -0.39 is 0 Å². The molecular formula is C12H18O. The van der Waals surface area contributed by atoms with E-state index in [1.54, 1.807) is 0 Å². The Morgan fingerprint density at radius 1 is 1.23 bits per heavy atom. The van der Waals surface area contributed by atoms with Crippen LogP contribution >= 0.6 is 0 Å². The molecule has 1 heteroatoms. The van der Waals surface area contributed by atoms with Crippen LogP contribution in [0.3, 0.4) is 0 Å². The lowest BCUT2D eigenvalue weighted by atomic mass is 9.95. The normalized spacial score (nSPS) is 12.9. The number of rotatable bonds is 2. The predicted molar refractivity (Wildman–Crippen MR) is 56.3 cm³/mol. The highest BCUT2D eigenvalue weighted by Crippen LogP contribution is 2.27. The van der Waals surface area contributed by atoms with E-state index in [0.29, 0.717) is 11.7 Å². The van der Waals surface area contributed by atoms with Crippen LogP contribution in [-0.2, 0) is 0 Å². The van der Waals surface area contributed by atoms with Crippen LogP contribution in [0.4, 0.5) is 0 Å². The molecule has 1 atom stereocenters. The maximum absolute atomic E-state index is 9.59. The van der Waals surface area contributed by atoms with Gasteiger partial charge in [-0.25, -0.2) is 0 Å². The topological polar surface area (TPSA) is 20.2 Å². The summed E-state index contributed by atoms with van der Waals surface area (Å²) in [5, 5.41) is 9.59. The Balaban J connectivity index is 3.13. The molecule has 0 aliphatic carbocycles. The Hall–Kier alpha value is -0.980. The van der Waals surface area contributed by atoms with E-state index >= 15 is 0 Å². The Morgan fingerprint density at radius 2 is 1.69 bits per heavy atom. The number of benzene rings is 1. The molecule has 0 saturated carbocycles. The van der Waals surface area contributed by atoms with Gasteiger partial charge in [0.25, 0.3) is 0 Å². The molecule has 0 aliphatic rings. The van der Waals surface area contributed by atoms with Gasteiger partial charge < -0.3 is 5.11 Å². The van der Waals surface area contributed by atoms with Gasteiger partial charge in [0.05, 0.1) is 0 Å². The summed E-state index contributed by atoms with van der Waals surface area (Å²) in [4.78, 5) is 0. The van der Waals surface area contributed by atoms with E-state index in [1.807, 2.05) is 13.8 Å². The summed E-state index contributed by atoms with van der Waals surface area (Å²) in [6.07, 6.45) is 1.14. The van der Waals surface area contributed by atoms with Gasteiger partial charge in [-0.2, -0.15) is 0 Å². The fraction of sp³-hybridized carbons (Fsp3) is 0.500. The van der Waals surface area contributed by atoms with Crippen molar-refractivity contribution in [3.05, 3.63) is 28.8 Å². The van der Waals surface area contributed by atoms with E-state index in [9.17, 15) is 5.11 Å². The van der Waals surface area contributed by atoms with Crippen molar-refractivity contribution in [1.29, 1.82) is 0 Å². The molecule has 1 N–H and O–H groups in total. The SMILES string of the molecule is CCC(C)c1cc(C)c(O)c(C)c1. The van der Waals surface area contributed by atoms with Gasteiger partial charge in [0, 0.05) is 0 Å². The minimum atomic E-state index is 0.437. The van der Waals surface area contributed by atoms with Crippen molar-refractivity contribution in [3.63, 3.8) is 0 Å². The number of aryl methyl sites for hydroxylation is 2. The Bertz CT molecular complexity index is 279. The molecule has 72 valence electrons. The molecule has 0 fully saturated rings. The number of phenols is 1. The second-order valence-electron chi connectivity index (χ2n) is 3.81. The zero-order valence-corrected chi connectivity index (χ0v) is 8.89. The molecule has 1 aromatic carbocycles. The molecule has 0 heterocycles. The second kappa shape index (κ2) is 3.82. The summed E-state index contributed by atoms with van der Waals surface area (Å²) in [5.74, 6) is 1.02. The molecule has 0 aliphatic heterocycles. The van der Waals surface area contributed by atoms with E-state index in [-0.39, 0.29) is 0 Å². The van der Waals surface area contributed by atoms with Crippen molar-refractivity contribution in [2.24, 2.45) is 0 Å². The van der Waals surface area contributed by atoms with Crippen molar-refractivity contribution < 1.29 is 5.11 Å². The molecule has 1 nitrogen and oxygen atoms in total. The first kappa shape index (κ1) is 10.1. The molecule has 0 saturated heterocycles.